The molecule has 1 aromatic carbocycles. The maximum absolute atomic E-state index is 10.8. The van der Waals surface area contributed by atoms with Crippen LogP contribution in [-0.4, -0.2) is 18.2 Å². The summed E-state index contributed by atoms with van der Waals surface area (Å²) in [6.07, 6.45) is 0. The van der Waals surface area contributed by atoms with Gasteiger partial charge in [-0.3, -0.25) is 0 Å². The molecule has 1 rings (SSSR count). The van der Waals surface area contributed by atoms with Crippen LogP contribution in [0.4, 0.5) is 0 Å². The van der Waals surface area contributed by atoms with Crippen molar-refractivity contribution >= 4 is 11.5 Å². The molecule has 0 amide bonds. The van der Waals surface area contributed by atoms with Crippen molar-refractivity contribution in [1.82, 2.24) is 0 Å². The number of hydrogen-bond donors (Lipinski definition) is 1. The molecule has 0 saturated carbocycles. The second kappa shape index (κ2) is 4.64. The molecule has 80 valence electrons. The number of aliphatic carboxylic acids is 1. The second-order valence-corrected chi connectivity index (χ2v) is 3.29. The average Bonchev–Trinajstić information content (AvgIpc) is 2.27. The van der Waals surface area contributed by atoms with E-state index in [-0.39, 0.29) is 0 Å². The third-order valence-corrected chi connectivity index (χ3v) is 2.39. The van der Waals surface area contributed by atoms with E-state index in [1.54, 1.807) is 21.0 Å². The van der Waals surface area contributed by atoms with Crippen molar-refractivity contribution in [3.8, 4) is 5.75 Å². The number of allylic oxidation sites excluding steroid dienone is 1. The van der Waals surface area contributed by atoms with Crippen LogP contribution in [0.25, 0.3) is 5.57 Å². The van der Waals surface area contributed by atoms with E-state index >= 15 is 0 Å². The van der Waals surface area contributed by atoms with Crippen molar-refractivity contribution in [3.05, 3.63) is 35.4 Å². The number of carboxylic acid groups (broad SMARTS) is 1. The summed E-state index contributed by atoms with van der Waals surface area (Å²) in [4.78, 5) is 10.8. The Morgan fingerprint density at radius 3 is 2.53 bits per heavy atom. The molecule has 1 N–H and O–H groups in total. The fourth-order valence-corrected chi connectivity index (χ4v) is 1.23. The predicted octanol–water partition coefficient (Wildman–Crippen LogP) is 2.57. The highest BCUT2D eigenvalue weighted by molar-refractivity contribution is 5.95. The molecule has 0 heterocycles. The second-order valence-electron chi connectivity index (χ2n) is 3.29. The number of hydrogen-bond acceptors (Lipinski definition) is 2. The number of rotatable bonds is 3. The molecule has 0 unspecified atom stereocenters. The van der Waals surface area contributed by atoms with Gasteiger partial charge in [0.2, 0.25) is 0 Å². The van der Waals surface area contributed by atoms with E-state index in [1.165, 1.54) is 0 Å². The van der Waals surface area contributed by atoms with E-state index in [0.29, 0.717) is 5.57 Å². The molecule has 0 fully saturated rings. The van der Waals surface area contributed by atoms with E-state index in [9.17, 15) is 4.79 Å². The number of carboxylic acids is 1. The van der Waals surface area contributed by atoms with Crippen molar-refractivity contribution in [1.29, 1.82) is 0 Å². The van der Waals surface area contributed by atoms with Crippen molar-refractivity contribution in [2.75, 3.05) is 7.11 Å². The summed E-state index contributed by atoms with van der Waals surface area (Å²) in [5.74, 6) is -0.166. The van der Waals surface area contributed by atoms with Crippen LogP contribution >= 0.6 is 0 Å². The van der Waals surface area contributed by atoms with Gasteiger partial charge in [-0.25, -0.2) is 4.79 Å². The zero-order chi connectivity index (χ0) is 11.4. The molecule has 0 saturated heterocycles. The maximum atomic E-state index is 10.8. The van der Waals surface area contributed by atoms with Crippen molar-refractivity contribution in [2.24, 2.45) is 0 Å². The Labute approximate surface area is 89.0 Å². The third kappa shape index (κ3) is 2.59. The molecule has 0 aliphatic heterocycles. The lowest BCUT2D eigenvalue weighted by molar-refractivity contribution is -0.132. The van der Waals surface area contributed by atoms with Crippen molar-refractivity contribution < 1.29 is 14.6 Å². The van der Waals surface area contributed by atoms with E-state index < -0.39 is 5.97 Å². The van der Waals surface area contributed by atoms with Gasteiger partial charge in [-0.2, -0.15) is 0 Å². The van der Waals surface area contributed by atoms with Gasteiger partial charge in [-0.1, -0.05) is 12.1 Å². The lowest BCUT2D eigenvalue weighted by Crippen LogP contribution is -1.99. The Balaban J connectivity index is 3.16. The smallest absolute Gasteiger partial charge is 0.331 e. The molecule has 0 spiro atoms. The molecular formula is C12H14O3. The lowest BCUT2D eigenvalue weighted by Gasteiger charge is -2.06. The highest BCUT2D eigenvalue weighted by Crippen LogP contribution is 2.22. The highest BCUT2D eigenvalue weighted by Gasteiger charge is 2.07. The summed E-state index contributed by atoms with van der Waals surface area (Å²) in [6.45, 7) is 3.38. The summed E-state index contributed by atoms with van der Waals surface area (Å²) in [7, 11) is 1.59. The Morgan fingerprint density at radius 2 is 2.00 bits per heavy atom. The average molecular weight is 206 g/mol. The lowest BCUT2D eigenvalue weighted by atomic mass is 10.0. The zero-order valence-corrected chi connectivity index (χ0v) is 9.07. The van der Waals surface area contributed by atoms with Gasteiger partial charge in [0.05, 0.1) is 7.11 Å². The third-order valence-electron chi connectivity index (χ3n) is 2.39. The van der Waals surface area contributed by atoms with E-state index in [1.807, 2.05) is 24.3 Å². The van der Waals surface area contributed by atoms with Crippen LogP contribution in [0, 0.1) is 0 Å². The molecule has 3 nitrogen and oxygen atoms in total. The summed E-state index contributed by atoms with van der Waals surface area (Å²) < 4.78 is 5.08. The molecular weight excluding hydrogens is 192 g/mol. The topological polar surface area (TPSA) is 46.5 Å². The van der Waals surface area contributed by atoms with Gasteiger partial charge in [0, 0.05) is 5.57 Å². The summed E-state index contributed by atoms with van der Waals surface area (Å²) in [6, 6.07) is 7.35. The Morgan fingerprint density at radius 1 is 1.33 bits per heavy atom. The molecule has 0 bridgehead atoms. The SMILES string of the molecule is COc1cccc(/C(C)=C(/C)C(=O)O)c1. The summed E-state index contributed by atoms with van der Waals surface area (Å²) in [5, 5.41) is 8.85. The van der Waals surface area contributed by atoms with Crippen LogP contribution in [0.2, 0.25) is 0 Å². The van der Waals surface area contributed by atoms with Crippen LogP contribution in [0.15, 0.2) is 29.8 Å². The van der Waals surface area contributed by atoms with Gasteiger partial charge in [-0.05, 0) is 37.1 Å². The molecule has 15 heavy (non-hydrogen) atoms. The standard InChI is InChI=1S/C12H14O3/c1-8(9(2)12(13)14)10-5-4-6-11(7-10)15-3/h4-7H,1-3H3,(H,13,14)/b9-8-. The van der Waals surface area contributed by atoms with Gasteiger partial charge < -0.3 is 9.84 Å². The van der Waals surface area contributed by atoms with Crippen LogP contribution < -0.4 is 4.74 Å². The minimum absolute atomic E-state index is 0.350. The van der Waals surface area contributed by atoms with E-state index in [4.69, 9.17) is 9.84 Å². The first-order valence-corrected chi connectivity index (χ1v) is 4.61. The fourth-order valence-electron chi connectivity index (χ4n) is 1.23. The first-order valence-electron chi connectivity index (χ1n) is 4.61. The van der Waals surface area contributed by atoms with Crippen LogP contribution in [0.3, 0.4) is 0 Å². The van der Waals surface area contributed by atoms with Crippen LogP contribution in [-0.2, 0) is 4.79 Å². The first kappa shape index (κ1) is 11.3. The monoisotopic (exact) mass is 206 g/mol. The van der Waals surface area contributed by atoms with Gasteiger partial charge in [-0.15, -0.1) is 0 Å². The Hall–Kier alpha value is -1.77. The predicted molar refractivity (Wildman–Crippen MR) is 58.9 cm³/mol. The first-order chi connectivity index (χ1) is 7.06. The quantitative estimate of drug-likeness (QED) is 0.773. The van der Waals surface area contributed by atoms with Gasteiger partial charge in [0.15, 0.2) is 0 Å². The number of benzene rings is 1. The minimum atomic E-state index is -0.893. The van der Waals surface area contributed by atoms with Crippen LogP contribution in [0.1, 0.15) is 19.4 Å². The largest absolute Gasteiger partial charge is 0.497 e. The van der Waals surface area contributed by atoms with E-state index in [2.05, 4.69) is 0 Å². The van der Waals surface area contributed by atoms with Crippen molar-refractivity contribution in [2.45, 2.75) is 13.8 Å². The molecule has 1 aromatic rings. The van der Waals surface area contributed by atoms with E-state index in [0.717, 1.165) is 16.9 Å². The maximum Gasteiger partial charge on any atom is 0.331 e. The van der Waals surface area contributed by atoms with Gasteiger partial charge in [0.1, 0.15) is 5.75 Å². The molecule has 3 heteroatoms. The Bertz CT molecular complexity index is 405. The summed E-state index contributed by atoms with van der Waals surface area (Å²) >= 11 is 0. The van der Waals surface area contributed by atoms with Gasteiger partial charge >= 0.3 is 5.97 Å². The molecule has 0 aliphatic rings. The molecule has 0 atom stereocenters. The molecule has 0 radical (unpaired) electrons. The minimum Gasteiger partial charge on any atom is -0.497 e. The van der Waals surface area contributed by atoms with Gasteiger partial charge in [0.25, 0.3) is 0 Å². The zero-order valence-electron chi connectivity index (χ0n) is 9.07. The fraction of sp³-hybridized carbons (Fsp3) is 0.250. The molecule has 0 aromatic heterocycles. The molecule has 0 aliphatic carbocycles. The highest BCUT2D eigenvalue weighted by atomic mass is 16.5. The number of carbonyl (C=O) groups is 1. The number of ether oxygens (including phenoxy) is 1. The Kier molecular flexibility index (Phi) is 3.50. The normalized spacial score (nSPS) is 11.9. The van der Waals surface area contributed by atoms with Crippen LogP contribution in [0.5, 0.6) is 5.75 Å². The number of methoxy groups -OCH3 is 1. The van der Waals surface area contributed by atoms with Crippen molar-refractivity contribution in [3.63, 3.8) is 0 Å². The summed E-state index contributed by atoms with van der Waals surface area (Å²) in [5.41, 5.74) is 1.97.